The summed E-state index contributed by atoms with van der Waals surface area (Å²) in [5.74, 6) is 0. The molecular weight excluding hydrogens is 308 g/mol. The highest BCUT2D eigenvalue weighted by Crippen LogP contribution is 2.16. The number of carbonyl (C=O) groups is 2. The lowest BCUT2D eigenvalue weighted by Gasteiger charge is -2.39. The Morgan fingerprint density at radius 3 is 2.38 bits per heavy atom. The van der Waals surface area contributed by atoms with Crippen LogP contribution in [-0.4, -0.2) is 53.3 Å². The third-order valence-corrected chi connectivity index (χ3v) is 3.72. The number of carbonyl (C=O) groups excluding carboxylic acids is 2. The molecule has 0 N–H and O–H groups in total. The SMILES string of the molecule is C[C@H]1CN(C(=O)OCc2ccccc2)CCN1C(=O)OC(C)(C)C. The van der Waals surface area contributed by atoms with Crippen molar-refractivity contribution in [2.75, 3.05) is 19.6 Å². The Morgan fingerprint density at radius 2 is 1.79 bits per heavy atom. The van der Waals surface area contributed by atoms with Crippen LogP contribution in [0.3, 0.4) is 0 Å². The lowest BCUT2D eigenvalue weighted by atomic mass is 10.2. The van der Waals surface area contributed by atoms with Crippen LogP contribution in [0, 0.1) is 0 Å². The molecule has 1 atom stereocenters. The van der Waals surface area contributed by atoms with Gasteiger partial charge in [0.1, 0.15) is 12.2 Å². The number of hydrogen-bond donors (Lipinski definition) is 0. The summed E-state index contributed by atoms with van der Waals surface area (Å²) in [5.41, 5.74) is 0.425. The van der Waals surface area contributed by atoms with E-state index in [9.17, 15) is 9.59 Å². The number of piperazine rings is 1. The predicted octanol–water partition coefficient (Wildman–Crippen LogP) is 3.26. The molecular formula is C18H26N2O4. The van der Waals surface area contributed by atoms with Gasteiger partial charge in [0, 0.05) is 19.6 Å². The van der Waals surface area contributed by atoms with Crippen molar-refractivity contribution in [3.8, 4) is 0 Å². The molecule has 2 amide bonds. The lowest BCUT2D eigenvalue weighted by molar-refractivity contribution is -0.000327. The van der Waals surface area contributed by atoms with E-state index >= 15 is 0 Å². The maximum atomic E-state index is 12.2. The van der Waals surface area contributed by atoms with Gasteiger partial charge < -0.3 is 19.3 Å². The highest BCUT2D eigenvalue weighted by atomic mass is 16.6. The van der Waals surface area contributed by atoms with E-state index in [0.29, 0.717) is 19.6 Å². The number of ether oxygens (including phenoxy) is 2. The first-order valence-electron chi connectivity index (χ1n) is 8.21. The fourth-order valence-corrected chi connectivity index (χ4v) is 2.53. The molecule has 1 aromatic rings. The summed E-state index contributed by atoms with van der Waals surface area (Å²) in [7, 11) is 0. The Hall–Kier alpha value is -2.24. The van der Waals surface area contributed by atoms with E-state index < -0.39 is 5.60 Å². The summed E-state index contributed by atoms with van der Waals surface area (Å²) in [6.07, 6.45) is -0.693. The normalized spacial score (nSPS) is 18.2. The summed E-state index contributed by atoms with van der Waals surface area (Å²) in [5, 5.41) is 0. The van der Waals surface area contributed by atoms with E-state index in [-0.39, 0.29) is 24.8 Å². The molecule has 1 aliphatic rings. The first kappa shape index (κ1) is 18.1. The summed E-state index contributed by atoms with van der Waals surface area (Å²) < 4.78 is 10.7. The van der Waals surface area contributed by atoms with Gasteiger partial charge in [0.25, 0.3) is 0 Å². The number of benzene rings is 1. The third kappa shape index (κ3) is 5.15. The quantitative estimate of drug-likeness (QED) is 0.833. The van der Waals surface area contributed by atoms with Gasteiger partial charge in [-0.15, -0.1) is 0 Å². The molecule has 24 heavy (non-hydrogen) atoms. The second-order valence-electron chi connectivity index (χ2n) is 7.01. The van der Waals surface area contributed by atoms with Gasteiger partial charge in [-0.2, -0.15) is 0 Å². The van der Waals surface area contributed by atoms with Crippen LogP contribution in [0.15, 0.2) is 30.3 Å². The van der Waals surface area contributed by atoms with E-state index in [4.69, 9.17) is 9.47 Å². The fraction of sp³-hybridized carbons (Fsp3) is 0.556. The first-order chi connectivity index (χ1) is 11.3. The molecule has 0 saturated carbocycles. The van der Waals surface area contributed by atoms with Crippen LogP contribution in [0.25, 0.3) is 0 Å². The molecule has 0 bridgehead atoms. The van der Waals surface area contributed by atoms with E-state index in [2.05, 4.69) is 0 Å². The Kier molecular flexibility index (Phi) is 5.70. The second-order valence-corrected chi connectivity index (χ2v) is 7.01. The summed E-state index contributed by atoms with van der Waals surface area (Å²) in [4.78, 5) is 27.7. The minimum Gasteiger partial charge on any atom is -0.445 e. The highest BCUT2D eigenvalue weighted by molar-refractivity contribution is 5.71. The van der Waals surface area contributed by atoms with Crippen molar-refractivity contribution in [1.29, 1.82) is 0 Å². The summed E-state index contributed by atoms with van der Waals surface area (Å²) in [6, 6.07) is 9.45. The minimum atomic E-state index is -0.525. The molecule has 6 heteroatoms. The molecule has 6 nitrogen and oxygen atoms in total. The van der Waals surface area contributed by atoms with Crippen molar-refractivity contribution in [2.24, 2.45) is 0 Å². The number of amides is 2. The van der Waals surface area contributed by atoms with Gasteiger partial charge in [-0.05, 0) is 33.3 Å². The molecule has 0 aromatic heterocycles. The van der Waals surface area contributed by atoms with Crippen molar-refractivity contribution in [1.82, 2.24) is 9.80 Å². The molecule has 132 valence electrons. The van der Waals surface area contributed by atoms with E-state index in [1.165, 1.54) is 0 Å². The largest absolute Gasteiger partial charge is 0.445 e. The van der Waals surface area contributed by atoms with E-state index in [1.807, 2.05) is 58.0 Å². The average Bonchev–Trinajstić information content (AvgIpc) is 2.51. The number of hydrogen-bond acceptors (Lipinski definition) is 4. The highest BCUT2D eigenvalue weighted by Gasteiger charge is 2.33. The smallest absolute Gasteiger partial charge is 0.410 e. The predicted molar refractivity (Wildman–Crippen MR) is 90.6 cm³/mol. The molecule has 0 radical (unpaired) electrons. The Bertz CT molecular complexity index is 568. The molecule has 0 unspecified atom stereocenters. The van der Waals surface area contributed by atoms with Gasteiger partial charge in [-0.25, -0.2) is 9.59 Å². The fourth-order valence-electron chi connectivity index (χ4n) is 2.53. The molecule has 1 aromatic carbocycles. The topological polar surface area (TPSA) is 59.1 Å². The van der Waals surface area contributed by atoms with Gasteiger partial charge in [0.15, 0.2) is 0 Å². The van der Waals surface area contributed by atoms with Gasteiger partial charge in [0.05, 0.1) is 6.04 Å². The van der Waals surface area contributed by atoms with Crippen molar-refractivity contribution < 1.29 is 19.1 Å². The van der Waals surface area contributed by atoms with Crippen molar-refractivity contribution in [3.63, 3.8) is 0 Å². The lowest BCUT2D eigenvalue weighted by Crippen LogP contribution is -2.56. The molecule has 1 heterocycles. The van der Waals surface area contributed by atoms with Crippen LogP contribution in [0.4, 0.5) is 9.59 Å². The van der Waals surface area contributed by atoms with E-state index in [0.717, 1.165) is 5.56 Å². The van der Waals surface area contributed by atoms with Crippen LogP contribution < -0.4 is 0 Å². The maximum absolute atomic E-state index is 12.2. The minimum absolute atomic E-state index is 0.113. The van der Waals surface area contributed by atoms with E-state index in [1.54, 1.807) is 9.80 Å². The maximum Gasteiger partial charge on any atom is 0.410 e. The van der Waals surface area contributed by atoms with Gasteiger partial charge in [-0.1, -0.05) is 30.3 Å². The average molecular weight is 334 g/mol. The second kappa shape index (κ2) is 7.55. The van der Waals surface area contributed by atoms with Crippen LogP contribution in [-0.2, 0) is 16.1 Å². The van der Waals surface area contributed by atoms with Crippen LogP contribution in [0.5, 0.6) is 0 Å². The standard InChI is InChI=1S/C18H26N2O4/c1-14-12-19(10-11-20(14)17(22)24-18(2,3)4)16(21)23-13-15-8-6-5-7-9-15/h5-9,14H,10-13H2,1-4H3/t14-/m0/s1. The van der Waals surface area contributed by atoms with Gasteiger partial charge >= 0.3 is 12.2 Å². The molecule has 0 aliphatic carbocycles. The van der Waals surface area contributed by atoms with Gasteiger partial charge in [-0.3, -0.25) is 0 Å². The molecule has 0 spiro atoms. The zero-order valence-electron chi connectivity index (χ0n) is 14.8. The first-order valence-corrected chi connectivity index (χ1v) is 8.21. The molecule has 1 saturated heterocycles. The molecule has 1 aliphatic heterocycles. The van der Waals surface area contributed by atoms with Crippen LogP contribution in [0.1, 0.15) is 33.3 Å². The zero-order chi connectivity index (χ0) is 17.7. The number of nitrogens with zero attached hydrogens (tertiary/aromatic N) is 2. The Morgan fingerprint density at radius 1 is 1.12 bits per heavy atom. The Balaban J connectivity index is 1.83. The monoisotopic (exact) mass is 334 g/mol. The van der Waals surface area contributed by atoms with Gasteiger partial charge in [0.2, 0.25) is 0 Å². The zero-order valence-corrected chi connectivity index (χ0v) is 14.8. The van der Waals surface area contributed by atoms with Crippen molar-refractivity contribution in [2.45, 2.75) is 45.9 Å². The summed E-state index contributed by atoms with van der Waals surface area (Å²) >= 11 is 0. The Labute approximate surface area is 143 Å². The third-order valence-electron chi connectivity index (χ3n) is 3.72. The summed E-state index contributed by atoms with van der Waals surface area (Å²) in [6.45, 7) is 8.99. The van der Waals surface area contributed by atoms with Crippen LogP contribution in [0.2, 0.25) is 0 Å². The molecule has 1 fully saturated rings. The molecule has 2 rings (SSSR count). The van der Waals surface area contributed by atoms with Crippen LogP contribution >= 0.6 is 0 Å². The van der Waals surface area contributed by atoms with Crippen molar-refractivity contribution in [3.05, 3.63) is 35.9 Å². The van der Waals surface area contributed by atoms with Crippen molar-refractivity contribution >= 4 is 12.2 Å². The number of rotatable bonds is 2.